The number of carbonyl (C=O) groups is 2. The first-order valence-electron chi connectivity index (χ1n) is 8.89. The zero-order valence-electron chi connectivity index (χ0n) is 14.5. The largest absolute Gasteiger partial charge is 0.481 e. The zero-order chi connectivity index (χ0) is 17.4. The van der Waals surface area contributed by atoms with Gasteiger partial charge in [-0.1, -0.05) is 31.2 Å². The van der Waals surface area contributed by atoms with Gasteiger partial charge in [-0.25, -0.2) is 0 Å². The van der Waals surface area contributed by atoms with Gasteiger partial charge in [-0.15, -0.1) is 0 Å². The molecule has 0 radical (unpaired) electrons. The highest BCUT2D eigenvalue weighted by molar-refractivity contribution is 5.76. The molecule has 0 fully saturated rings. The third-order valence-electron chi connectivity index (χ3n) is 4.73. The van der Waals surface area contributed by atoms with Crippen molar-refractivity contribution in [3.8, 4) is 0 Å². The van der Waals surface area contributed by atoms with E-state index in [4.69, 9.17) is 5.11 Å². The fourth-order valence-electron chi connectivity index (χ4n) is 3.24. The van der Waals surface area contributed by atoms with Crippen LogP contribution in [0.3, 0.4) is 0 Å². The highest BCUT2D eigenvalue weighted by Gasteiger charge is 2.22. The number of hydrogen-bond donors (Lipinski definition) is 2. The molecule has 1 aromatic carbocycles. The third kappa shape index (κ3) is 5.64. The highest BCUT2D eigenvalue weighted by Crippen LogP contribution is 2.21. The average Bonchev–Trinajstić information content (AvgIpc) is 2.59. The highest BCUT2D eigenvalue weighted by atomic mass is 16.4. The molecule has 0 bridgehead atoms. The van der Waals surface area contributed by atoms with Gasteiger partial charge in [-0.2, -0.15) is 0 Å². The molecule has 24 heavy (non-hydrogen) atoms. The van der Waals surface area contributed by atoms with Crippen LogP contribution in [-0.2, 0) is 22.6 Å². The number of fused-ring (bicyclic) bond motifs is 1. The topological polar surface area (TPSA) is 69.6 Å². The van der Waals surface area contributed by atoms with E-state index in [1.807, 2.05) is 0 Å². The van der Waals surface area contributed by atoms with Crippen molar-refractivity contribution in [2.45, 2.75) is 58.0 Å². The molecule has 5 nitrogen and oxygen atoms in total. The van der Waals surface area contributed by atoms with Crippen molar-refractivity contribution in [3.63, 3.8) is 0 Å². The molecule has 0 spiro atoms. The van der Waals surface area contributed by atoms with Gasteiger partial charge in [0.1, 0.15) is 0 Å². The Bertz CT molecular complexity index is 559. The van der Waals surface area contributed by atoms with Gasteiger partial charge >= 0.3 is 5.97 Å². The summed E-state index contributed by atoms with van der Waals surface area (Å²) in [4.78, 5) is 24.8. The van der Waals surface area contributed by atoms with Gasteiger partial charge in [-0.05, 0) is 36.8 Å². The fourth-order valence-corrected chi connectivity index (χ4v) is 3.24. The summed E-state index contributed by atoms with van der Waals surface area (Å²) in [7, 11) is 0. The third-order valence-corrected chi connectivity index (χ3v) is 4.73. The van der Waals surface area contributed by atoms with Crippen LogP contribution in [0.2, 0.25) is 0 Å². The van der Waals surface area contributed by atoms with Gasteiger partial charge in [0.15, 0.2) is 0 Å². The van der Waals surface area contributed by atoms with E-state index in [9.17, 15) is 9.59 Å². The van der Waals surface area contributed by atoms with Crippen LogP contribution in [0.1, 0.15) is 50.2 Å². The molecule has 0 aliphatic carbocycles. The van der Waals surface area contributed by atoms with Crippen LogP contribution in [0.25, 0.3) is 0 Å². The Morgan fingerprint density at radius 3 is 2.62 bits per heavy atom. The van der Waals surface area contributed by atoms with Gasteiger partial charge in [0.2, 0.25) is 5.91 Å². The van der Waals surface area contributed by atoms with Gasteiger partial charge in [0, 0.05) is 38.5 Å². The minimum absolute atomic E-state index is 0.0243. The molecule has 0 saturated carbocycles. The van der Waals surface area contributed by atoms with Crippen molar-refractivity contribution in [2.75, 3.05) is 13.1 Å². The first-order valence-corrected chi connectivity index (χ1v) is 8.89. The molecule has 1 aliphatic heterocycles. The van der Waals surface area contributed by atoms with Crippen LogP contribution in [0, 0.1) is 0 Å². The van der Waals surface area contributed by atoms with Crippen molar-refractivity contribution < 1.29 is 14.7 Å². The van der Waals surface area contributed by atoms with Crippen LogP contribution in [0.4, 0.5) is 0 Å². The first kappa shape index (κ1) is 18.5. The standard InChI is InChI=1S/C19H28N2O3/c1-2-17(13-20-18(22)9-5-6-10-19(23)24)21-12-11-15-7-3-4-8-16(15)14-21/h3-4,7-8,17H,2,5-6,9-14H2,1H3,(H,20,22)(H,23,24). The van der Waals surface area contributed by atoms with Crippen LogP contribution >= 0.6 is 0 Å². The maximum Gasteiger partial charge on any atom is 0.303 e. The number of rotatable bonds is 9. The van der Waals surface area contributed by atoms with E-state index in [1.54, 1.807) is 0 Å². The summed E-state index contributed by atoms with van der Waals surface area (Å²) < 4.78 is 0. The summed E-state index contributed by atoms with van der Waals surface area (Å²) in [6.07, 6.45) is 3.80. The summed E-state index contributed by atoms with van der Waals surface area (Å²) in [6.45, 7) is 4.80. The van der Waals surface area contributed by atoms with Gasteiger partial charge in [0.05, 0.1) is 0 Å². The summed E-state index contributed by atoms with van der Waals surface area (Å²) >= 11 is 0. The lowest BCUT2D eigenvalue weighted by atomic mass is 9.98. The minimum atomic E-state index is -0.799. The van der Waals surface area contributed by atoms with Crippen molar-refractivity contribution in [3.05, 3.63) is 35.4 Å². The Labute approximate surface area is 144 Å². The maximum absolute atomic E-state index is 11.9. The molecule has 1 heterocycles. The number of carbonyl (C=O) groups excluding carboxylic acids is 1. The zero-order valence-corrected chi connectivity index (χ0v) is 14.5. The molecule has 1 unspecified atom stereocenters. The number of carboxylic acid groups (broad SMARTS) is 1. The molecule has 2 N–H and O–H groups in total. The lowest BCUT2D eigenvalue weighted by molar-refractivity contribution is -0.137. The Morgan fingerprint density at radius 1 is 1.21 bits per heavy atom. The molecule has 1 aromatic rings. The molecule has 1 amide bonds. The number of nitrogens with one attached hydrogen (secondary N) is 1. The second-order valence-corrected chi connectivity index (χ2v) is 6.46. The van der Waals surface area contributed by atoms with Crippen molar-refractivity contribution >= 4 is 11.9 Å². The van der Waals surface area contributed by atoms with Crippen molar-refractivity contribution in [1.29, 1.82) is 0 Å². The molecule has 0 aromatic heterocycles. The number of aliphatic carboxylic acids is 1. The molecule has 1 atom stereocenters. The lowest BCUT2D eigenvalue weighted by Gasteiger charge is -2.35. The van der Waals surface area contributed by atoms with E-state index in [2.05, 4.69) is 41.4 Å². The van der Waals surface area contributed by atoms with E-state index in [-0.39, 0.29) is 12.3 Å². The van der Waals surface area contributed by atoms with E-state index in [0.29, 0.717) is 31.8 Å². The average molecular weight is 332 g/mol. The van der Waals surface area contributed by atoms with Crippen LogP contribution in [0.5, 0.6) is 0 Å². The molecule has 0 saturated heterocycles. The molecule has 132 valence electrons. The van der Waals surface area contributed by atoms with E-state index < -0.39 is 5.97 Å². The minimum Gasteiger partial charge on any atom is -0.481 e. The van der Waals surface area contributed by atoms with E-state index in [1.165, 1.54) is 11.1 Å². The molecule has 5 heteroatoms. The van der Waals surface area contributed by atoms with E-state index in [0.717, 1.165) is 25.9 Å². The number of carboxylic acids is 1. The van der Waals surface area contributed by atoms with Gasteiger partial charge in [-0.3, -0.25) is 14.5 Å². The number of hydrogen-bond acceptors (Lipinski definition) is 3. The Balaban J connectivity index is 1.74. The predicted molar refractivity (Wildman–Crippen MR) is 93.7 cm³/mol. The van der Waals surface area contributed by atoms with Gasteiger partial charge in [0.25, 0.3) is 0 Å². The van der Waals surface area contributed by atoms with E-state index >= 15 is 0 Å². The molecule has 1 aliphatic rings. The molecule has 2 rings (SSSR count). The lowest BCUT2D eigenvalue weighted by Crippen LogP contribution is -2.45. The van der Waals surface area contributed by atoms with Crippen LogP contribution < -0.4 is 5.32 Å². The normalized spacial score (nSPS) is 15.5. The number of benzene rings is 1. The Hall–Kier alpha value is -1.88. The second-order valence-electron chi connectivity index (χ2n) is 6.46. The fraction of sp³-hybridized carbons (Fsp3) is 0.579. The summed E-state index contributed by atoms with van der Waals surface area (Å²) in [5, 5.41) is 11.6. The summed E-state index contributed by atoms with van der Waals surface area (Å²) in [6, 6.07) is 8.92. The molecular weight excluding hydrogens is 304 g/mol. The first-order chi connectivity index (χ1) is 11.6. The summed E-state index contributed by atoms with van der Waals surface area (Å²) in [5.74, 6) is -0.775. The van der Waals surface area contributed by atoms with Crippen LogP contribution in [0.15, 0.2) is 24.3 Å². The smallest absolute Gasteiger partial charge is 0.303 e. The Morgan fingerprint density at radius 2 is 1.92 bits per heavy atom. The molecular formula is C19H28N2O3. The number of unbranched alkanes of at least 4 members (excludes halogenated alkanes) is 1. The Kier molecular flexibility index (Phi) is 7.25. The monoisotopic (exact) mass is 332 g/mol. The SMILES string of the molecule is CCC(CNC(=O)CCCCC(=O)O)N1CCc2ccccc2C1. The quantitative estimate of drug-likeness (QED) is 0.682. The van der Waals surface area contributed by atoms with Crippen LogP contribution in [-0.4, -0.2) is 41.0 Å². The van der Waals surface area contributed by atoms with Crippen molar-refractivity contribution in [1.82, 2.24) is 10.2 Å². The number of amides is 1. The maximum atomic E-state index is 11.9. The second kappa shape index (κ2) is 9.42. The predicted octanol–water partition coefficient (Wildman–Crippen LogP) is 2.58. The van der Waals surface area contributed by atoms with Gasteiger partial charge < -0.3 is 10.4 Å². The summed E-state index contributed by atoms with van der Waals surface area (Å²) in [5.41, 5.74) is 2.83. The van der Waals surface area contributed by atoms with Crippen molar-refractivity contribution in [2.24, 2.45) is 0 Å². The number of nitrogens with zero attached hydrogens (tertiary/aromatic N) is 1.